The van der Waals surface area contributed by atoms with Gasteiger partial charge in [-0.1, -0.05) is 35.7 Å². The standard InChI is InChI=1S/C18H21Cl2NO3/c19-15-4-3-13(16(20)8-15)9-21-17(22)10-24-18(23)7-14-6-11-1-2-12(14)5-11/h3-4,8,11-12,14H,1-2,5-7,9-10H2,(H,21,22)/t11-,12+,14-/m0/s1. The zero-order valence-corrected chi connectivity index (χ0v) is 14.9. The molecule has 2 aliphatic carbocycles. The zero-order valence-electron chi connectivity index (χ0n) is 13.4. The van der Waals surface area contributed by atoms with E-state index in [1.165, 1.54) is 19.3 Å². The van der Waals surface area contributed by atoms with Crippen LogP contribution >= 0.6 is 23.2 Å². The second kappa shape index (κ2) is 7.75. The van der Waals surface area contributed by atoms with Gasteiger partial charge in [0.1, 0.15) is 0 Å². The summed E-state index contributed by atoms with van der Waals surface area (Å²) in [4.78, 5) is 23.7. The molecule has 0 saturated heterocycles. The first-order valence-corrected chi connectivity index (χ1v) is 9.13. The van der Waals surface area contributed by atoms with E-state index in [1.807, 2.05) is 0 Å². The Hall–Kier alpha value is -1.26. The molecule has 1 amide bonds. The van der Waals surface area contributed by atoms with Crippen LogP contribution in [-0.2, 0) is 20.9 Å². The predicted molar refractivity (Wildman–Crippen MR) is 92.8 cm³/mol. The van der Waals surface area contributed by atoms with Crippen LogP contribution in [0.15, 0.2) is 18.2 Å². The van der Waals surface area contributed by atoms with Gasteiger partial charge in [-0.25, -0.2) is 0 Å². The Bertz CT molecular complexity index is 635. The molecule has 24 heavy (non-hydrogen) atoms. The molecular formula is C18H21Cl2NO3. The molecule has 0 aromatic heterocycles. The molecule has 1 aromatic rings. The summed E-state index contributed by atoms with van der Waals surface area (Å²) in [7, 11) is 0. The maximum absolute atomic E-state index is 11.9. The van der Waals surface area contributed by atoms with E-state index in [1.54, 1.807) is 18.2 Å². The summed E-state index contributed by atoms with van der Waals surface area (Å²) in [5, 5.41) is 3.73. The summed E-state index contributed by atoms with van der Waals surface area (Å²) < 4.78 is 5.11. The Balaban J connectivity index is 1.37. The van der Waals surface area contributed by atoms with Gasteiger partial charge in [0.25, 0.3) is 5.91 Å². The van der Waals surface area contributed by atoms with Gasteiger partial charge in [0.2, 0.25) is 0 Å². The van der Waals surface area contributed by atoms with Crippen molar-refractivity contribution in [1.82, 2.24) is 5.32 Å². The van der Waals surface area contributed by atoms with Crippen LogP contribution in [0.25, 0.3) is 0 Å². The number of esters is 1. The first-order chi connectivity index (χ1) is 11.5. The number of benzene rings is 1. The molecule has 4 nitrogen and oxygen atoms in total. The van der Waals surface area contributed by atoms with Gasteiger partial charge in [0, 0.05) is 23.0 Å². The Kier molecular flexibility index (Phi) is 5.67. The van der Waals surface area contributed by atoms with Crippen LogP contribution in [0.3, 0.4) is 0 Å². The topological polar surface area (TPSA) is 55.4 Å². The average molecular weight is 370 g/mol. The van der Waals surface area contributed by atoms with Crippen molar-refractivity contribution in [2.45, 2.75) is 38.6 Å². The molecule has 6 heteroatoms. The van der Waals surface area contributed by atoms with E-state index in [0.29, 0.717) is 28.3 Å². The van der Waals surface area contributed by atoms with E-state index in [9.17, 15) is 9.59 Å². The van der Waals surface area contributed by atoms with Gasteiger partial charge in [-0.05, 0) is 54.7 Å². The highest BCUT2D eigenvalue weighted by molar-refractivity contribution is 6.35. The van der Waals surface area contributed by atoms with Crippen LogP contribution < -0.4 is 5.32 Å². The number of fused-ring (bicyclic) bond motifs is 2. The Morgan fingerprint density at radius 3 is 2.71 bits per heavy atom. The summed E-state index contributed by atoms with van der Waals surface area (Å²) in [6.45, 7) is 0.0314. The van der Waals surface area contributed by atoms with Crippen LogP contribution in [-0.4, -0.2) is 18.5 Å². The molecule has 3 atom stereocenters. The molecule has 0 heterocycles. The number of nitrogens with one attached hydrogen (secondary N) is 1. The van der Waals surface area contributed by atoms with Crippen LogP contribution in [0.1, 0.15) is 37.7 Å². The number of rotatable bonds is 6. The summed E-state index contributed by atoms with van der Waals surface area (Å²) in [6.07, 6.45) is 5.40. The first kappa shape index (κ1) is 17.6. The van der Waals surface area contributed by atoms with E-state index < -0.39 is 0 Å². The van der Waals surface area contributed by atoms with Gasteiger partial charge >= 0.3 is 5.97 Å². The molecule has 2 saturated carbocycles. The van der Waals surface area contributed by atoms with E-state index in [2.05, 4.69) is 5.32 Å². The van der Waals surface area contributed by atoms with Crippen LogP contribution in [0.4, 0.5) is 0 Å². The fourth-order valence-corrected chi connectivity index (χ4v) is 4.43. The lowest BCUT2D eigenvalue weighted by atomic mass is 9.86. The minimum absolute atomic E-state index is 0.245. The van der Waals surface area contributed by atoms with Crippen molar-refractivity contribution in [3.05, 3.63) is 33.8 Å². The van der Waals surface area contributed by atoms with Crippen LogP contribution in [0.2, 0.25) is 10.0 Å². The molecule has 0 unspecified atom stereocenters. The van der Waals surface area contributed by atoms with E-state index >= 15 is 0 Å². The molecule has 1 aromatic carbocycles. The highest BCUT2D eigenvalue weighted by Crippen LogP contribution is 2.49. The third-order valence-electron chi connectivity index (χ3n) is 5.17. The molecule has 3 rings (SSSR count). The molecule has 2 bridgehead atoms. The van der Waals surface area contributed by atoms with Gasteiger partial charge in [0.15, 0.2) is 6.61 Å². The van der Waals surface area contributed by atoms with E-state index in [4.69, 9.17) is 27.9 Å². The quantitative estimate of drug-likeness (QED) is 0.771. The van der Waals surface area contributed by atoms with Crippen molar-refractivity contribution >= 4 is 35.1 Å². The minimum atomic E-state index is -0.331. The van der Waals surface area contributed by atoms with E-state index in [-0.39, 0.29) is 25.0 Å². The molecular weight excluding hydrogens is 349 g/mol. The van der Waals surface area contributed by atoms with Gasteiger partial charge in [-0.2, -0.15) is 0 Å². The average Bonchev–Trinajstić information content (AvgIpc) is 3.15. The van der Waals surface area contributed by atoms with Gasteiger partial charge in [0.05, 0.1) is 0 Å². The van der Waals surface area contributed by atoms with Crippen molar-refractivity contribution in [2.75, 3.05) is 6.61 Å². The number of halogens is 2. The first-order valence-electron chi connectivity index (χ1n) is 8.37. The third-order valence-corrected chi connectivity index (χ3v) is 5.76. The third kappa shape index (κ3) is 4.42. The normalized spacial score (nSPS) is 24.8. The second-order valence-corrected chi connectivity index (χ2v) is 7.66. The number of hydrogen-bond donors (Lipinski definition) is 1. The summed E-state index contributed by atoms with van der Waals surface area (Å²) in [5.41, 5.74) is 0.766. The number of carbonyl (C=O) groups excluding carboxylic acids is 2. The lowest BCUT2D eigenvalue weighted by molar-refractivity contribution is -0.149. The van der Waals surface area contributed by atoms with Crippen molar-refractivity contribution in [3.63, 3.8) is 0 Å². The van der Waals surface area contributed by atoms with Gasteiger partial charge in [-0.15, -0.1) is 0 Å². The maximum Gasteiger partial charge on any atom is 0.306 e. The summed E-state index contributed by atoms with van der Waals surface area (Å²) >= 11 is 11.9. The lowest BCUT2D eigenvalue weighted by Crippen LogP contribution is -2.29. The van der Waals surface area contributed by atoms with Crippen molar-refractivity contribution in [3.8, 4) is 0 Å². The van der Waals surface area contributed by atoms with Crippen molar-refractivity contribution < 1.29 is 14.3 Å². The second-order valence-electron chi connectivity index (χ2n) is 6.81. The van der Waals surface area contributed by atoms with Crippen molar-refractivity contribution in [2.24, 2.45) is 17.8 Å². The Labute approximate surface area is 151 Å². The number of ether oxygens (including phenoxy) is 1. The molecule has 130 valence electrons. The smallest absolute Gasteiger partial charge is 0.306 e. The minimum Gasteiger partial charge on any atom is -0.456 e. The van der Waals surface area contributed by atoms with Crippen molar-refractivity contribution in [1.29, 1.82) is 0 Å². The molecule has 2 aliphatic rings. The lowest BCUT2D eigenvalue weighted by Gasteiger charge is -2.20. The summed E-state index contributed by atoms with van der Waals surface area (Å²) in [6, 6.07) is 5.09. The zero-order chi connectivity index (χ0) is 17.1. The van der Waals surface area contributed by atoms with Gasteiger partial charge in [-0.3, -0.25) is 9.59 Å². The molecule has 0 radical (unpaired) electrons. The predicted octanol–water partition coefficient (Wildman–Crippen LogP) is 3.98. The molecule has 0 spiro atoms. The number of amides is 1. The largest absolute Gasteiger partial charge is 0.456 e. The number of carbonyl (C=O) groups is 2. The fraction of sp³-hybridized carbons (Fsp3) is 0.556. The van der Waals surface area contributed by atoms with Crippen LogP contribution in [0.5, 0.6) is 0 Å². The molecule has 0 aliphatic heterocycles. The SMILES string of the molecule is O=C(COC(=O)C[C@@H]1C[C@H]2CC[C@@H]1C2)NCc1ccc(Cl)cc1Cl. The molecule has 2 fully saturated rings. The van der Waals surface area contributed by atoms with Gasteiger partial charge < -0.3 is 10.1 Å². The fourth-order valence-electron chi connectivity index (χ4n) is 3.96. The Morgan fingerprint density at radius 1 is 1.21 bits per heavy atom. The maximum atomic E-state index is 11.9. The van der Waals surface area contributed by atoms with E-state index in [0.717, 1.165) is 17.9 Å². The Morgan fingerprint density at radius 2 is 2.04 bits per heavy atom. The monoisotopic (exact) mass is 369 g/mol. The number of hydrogen-bond acceptors (Lipinski definition) is 3. The van der Waals surface area contributed by atoms with Crippen LogP contribution in [0, 0.1) is 17.8 Å². The summed E-state index contributed by atoms with van der Waals surface area (Å²) in [5.74, 6) is 1.34. The highest BCUT2D eigenvalue weighted by atomic mass is 35.5. The molecule has 1 N–H and O–H groups in total. The highest BCUT2D eigenvalue weighted by Gasteiger charge is 2.40.